The summed E-state index contributed by atoms with van der Waals surface area (Å²) in [7, 11) is 0. The Kier molecular flexibility index (Phi) is 3.33. The lowest BCUT2D eigenvalue weighted by Crippen LogP contribution is -2.55. The number of rotatable bonds is 4. The number of hydrogen-bond acceptors (Lipinski definition) is 4. The molecular weight excluding hydrogens is 198 g/mol. The van der Waals surface area contributed by atoms with Gasteiger partial charge in [0, 0.05) is 22.2 Å². The van der Waals surface area contributed by atoms with E-state index in [0.717, 1.165) is 0 Å². The van der Waals surface area contributed by atoms with Crippen LogP contribution in [0, 0.1) is 15.0 Å². The molecule has 0 amide bonds. The third-order valence-electron chi connectivity index (χ3n) is 1.76. The second kappa shape index (κ2) is 4.50. The van der Waals surface area contributed by atoms with Crippen molar-refractivity contribution in [2.75, 3.05) is 5.32 Å². The third-order valence-corrected chi connectivity index (χ3v) is 1.76. The number of hydrogen-bond donors (Lipinski definition) is 2. The van der Waals surface area contributed by atoms with Crippen LogP contribution < -0.4 is 10.5 Å². The Morgan fingerprint density at radius 3 is 2.60 bits per heavy atom. The molecule has 0 heterocycles. The smallest absolute Gasteiger partial charge is 0.299 e. The zero-order valence-electron chi connectivity index (χ0n) is 8.48. The molecule has 15 heavy (non-hydrogen) atoms. The largest absolute Gasteiger partial charge is 0.377 e. The van der Waals surface area contributed by atoms with Crippen molar-refractivity contribution in [3.63, 3.8) is 0 Å². The highest BCUT2D eigenvalue weighted by Gasteiger charge is 2.17. The van der Waals surface area contributed by atoms with Gasteiger partial charge in [-0.2, -0.15) is 0 Å². The van der Waals surface area contributed by atoms with E-state index in [2.05, 4.69) is 5.32 Å². The molecule has 6 heteroatoms. The fourth-order valence-electron chi connectivity index (χ4n) is 1.18. The summed E-state index contributed by atoms with van der Waals surface area (Å²) in [5, 5.41) is 15.3. The molecule has 6 nitrogen and oxygen atoms in total. The average molecular weight is 210 g/mol. The molecule has 2 N–H and O–H groups in total. The molecule has 0 aliphatic carbocycles. The van der Waals surface area contributed by atoms with Crippen molar-refractivity contribution in [3.05, 3.63) is 33.2 Å². The van der Waals surface area contributed by atoms with Gasteiger partial charge in [-0.1, -0.05) is 0 Å². The van der Waals surface area contributed by atoms with Gasteiger partial charge in [0.05, 0.1) is 11.0 Å². The number of anilines is 1. The van der Waals surface area contributed by atoms with Gasteiger partial charge in [0.2, 0.25) is 0 Å². The van der Waals surface area contributed by atoms with Crippen LogP contribution in [0.3, 0.4) is 0 Å². The van der Waals surface area contributed by atoms with Crippen LogP contribution in [0.25, 0.3) is 0 Å². The molecule has 1 rings (SSSR count). The molecule has 0 spiro atoms. The maximum Gasteiger partial charge on any atom is 0.299 e. The summed E-state index contributed by atoms with van der Waals surface area (Å²) in [6.45, 7) is 3.76. The molecule has 80 valence electrons. The number of nitroso groups, excluding NO2 is 1. The lowest BCUT2D eigenvalue weighted by molar-refractivity contribution is -0.391. The Morgan fingerprint density at radius 1 is 1.47 bits per heavy atom. The zero-order valence-corrected chi connectivity index (χ0v) is 8.48. The predicted molar refractivity (Wildman–Crippen MR) is 55.8 cm³/mol. The maximum absolute atomic E-state index is 10.7. The molecule has 0 atom stereocenters. The van der Waals surface area contributed by atoms with E-state index in [-0.39, 0.29) is 17.4 Å². The molecule has 0 unspecified atom stereocenters. The van der Waals surface area contributed by atoms with E-state index in [1.807, 2.05) is 13.8 Å². The van der Waals surface area contributed by atoms with Crippen molar-refractivity contribution in [2.24, 2.45) is 0 Å². The van der Waals surface area contributed by atoms with Crippen molar-refractivity contribution in [1.82, 2.24) is 0 Å². The van der Waals surface area contributed by atoms with E-state index in [1.54, 1.807) is 5.18 Å². The average Bonchev–Trinajstić information content (AvgIpc) is 2.17. The molecular formula is C9H12N3O3+. The van der Waals surface area contributed by atoms with Crippen LogP contribution >= 0.6 is 0 Å². The molecule has 0 fully saturated rings. The van der Waals surface area contributed by atoms with Gasteiger partial charge >= 0.3 is 0 Å². The Bertz CT molecular complexity index is 390. The van der Waals surface area contributed by atoms with Crippen LogP contribution in [0.15, 0.2) is 18.2 Å². The minimum atomic E-state index is -0.522. The predicted octanol–water partition coefficient (Wildman–Crippen LogP) is 0.894. The molecule has 0 radical (unpaired) electrons. The fraction of sp³-hybridized carbons (Fsp3) is 0.333. The Balaban J connectivity index is 3.14. The van der Waals surface area contributed by atoms with Crippen molar-refractivity contribution in [1.29, 1.82) is 0 Å². The highest BCUT2D eigenvalue weighted by molar-refractivity contribution is 5.65. The molecule has 0 aromatic heterocycles. The van der Waals surface area contributed by atoms with Gasteiger partial charge in [-0.15, -0.1) is 0 Å². The van der Waals surface area contributed by atoms with Gasteiger partial charge < -0.3 is 5.32 Å². The summed E-state index contributed by atoms with van der Waals surface area (Å²) in [5.74, 6) is 0. The van der Waals surface area contributed by atoms with Gasteiger partial charge in [-0.05, 0) is 19.9 Å². The summed E-state index contributed by atoms with van der Waals surface area (Å²) in [6.07, 6.45) is 0. The van der Waals surface area contributed by atoms with Crippen molar-refractivity contribution in [3.8, 4) is 0 Å². The van der Waals surface area contributed by atoms with E-state index in [1.165, 1.54) is 18.2 Å². The monoisotopic (exact) mass is 210 g/mol. The first-order valence-electron chi connectivity index (χ1n) is 4.47. The summed E-state index contributed by atoms with van der Waals surface area (Å²) >= 11 is 0. The summed E-state index contributed by atoms with van der Waals surface area (Å²) in [4.78, 5) is 20.5. The first-order valence-corrected chi connectivity index (χ1v) is 4.47. The molecule has 0 saturated heterocycles. The minimum Gasteiger partial charge on any atom is -0.377 e. The van der Waals surface area contributed by atoms with Gasteiger partial charge in [0.1, 0.15) is 5.69 Å². The van der Waals surface area contributed by atoms with Crippen molar-refractivity contribution < 1.29 is 10.1 Å². The highest BCUT2D eigenvalue weighted by atomic mass is 16.6. The molecule has 0 aliphatic heterocycles. The van der Waals surface area contributed by atoms with Crippen molar-refractivity contribution >= 4 is 17.1 Å². The summed E-state index contributed by atoms with van der Waals surface area (Å²) < 4.78 is 0. The van der Waals surface area contributed by atoms with Gasteiger partial charge in [0.15, 0.2) is 0 Å². The van der Waals surface area contributed by atoms with Crippen LogP contribution in [0.2, 0.25) is 0 Å². The second-order valence-electron chi connectivity index (χ2n) is 3.39. The van der Waals surface area contributed by atoms with Crippen LogP contribution in [-0.2, 0) is 0 Å². The Morgan fingerprint density at radius 2 is 2.13 bits per heavy atom. The molecule has 0 saturated carbocycles. The summed E-state index contributed by atoms with van der Waals surface area (Å²) in [5.41, 5.74) is 0.481. The van der Waals surface area contributed by atoms with Crippen LogP contribution in [-0.4, -0.2) is 11.0 Å². The van der Waals surface area contributed by atoms with Gasteiger partial charge in [-0.3, -0.25) is 10.1 Å². The lowest BCUT2D eigenvalue weighted by atomic mass is 10.2. The summed E-state index contributed by atoms with van der Waals surface area (Å²) in [6, 6.07) is 4.30. The van der Waals surface area contributed by atoms with E-state index in [9.17, 15) is 15.0 Å². The van der Waals surface area contributed by atoms with E-state index in [0.29, 0.717) is 5.69 Å². The standard InChI is InChI=1S/C9H11N3O3/c1-6(2)10-8-4-3-7(11-13)5-9(8)12(14)15/h3-6,10H,1-2H3/p+1. The molecule has 0 aliphatic rings. The molecule has 0 bridgehead atoms. The highest BCUT2D eigenvalue weighted by Crippen LogP contribution is 2.26. The van der Waals surface area contributed by atoms with Gasteiger partial charge in [0.25, 0.3) is 11.4 Å². The normalized spacial score (nSPS) is 10.1. The van der Waals surface area contributed by atoms with Crippen molar-refractivity contribution in [2.45, 2.75) is 19.9 Å². The molecule has 1 aromatic carbocycles. The number of benzene rings is 1. The number of nitro benzene ring substituents is 1. The quantitative estimate of drug-likeness (QED) is 0.570. The number of nitrogens with zero attached hydrogens (tertiary/aromatic N) is 1. The van der Waals surface area contributed by atoms with E-state index >= 15 is 0 Å². The maximum atomic E-state index is 10.7. The molecule has 1 aromatic rings. The SMILES string of the molecule is CC(C)Nc1ccc([NH+]=O)cc1[N+](=O)[O-]. The van der Waals surface area contributed by atoms with E-state index in [4.69, 9.17) is 0 Å². The number of nitro groups is 1. The second-order valence-corrected chi connectivity index (χ2v) is 3.39. The van der Waals surface area contributed by atoms with Crippen LogP contribution in [0.4, 0.5) is 17.1 Å². The lowest BCUT2D eigenvalue weighted by Gasteiger charge is -2.09. The third kappa shape index (κ3) is 2.73. The Hall–Kier alpha value is -1.98. The minimum absolute atomic E-state index is 0.0924. The fourth-order valence-corrected chi connectivity index (χ4v) is 1.18. The van der Waals surface area contributed by atoms with Crippen LogP contribution in [0.5, 0.6) is 0 Å². The Labute approximate surface area is 86.4 Å². The zero-order chi connectivity index (χ0) is 11.4. The topological polar surface area (TPSA) is 86.2 Å². The van der Waals surface area contributed by atoms with E-state index < -0.39 is 4.92 Å². The van der Waals surface area contributed by atoms with Gasteiger partial charge in [-0.25, -0.2) is 0 Å². The van der Waals surface area contributed by atoms with Crippen LogP contribution in [0.1, 0.15) is 13.8 Å². The number of nitrogens with one attached hydrogen (secondary N) is 2. The first kappa shape index (κ1) is 11.1. The first-order chi connectivity index (χ1) is 7.04.